The van der Waals surface area contributed by atoms with E-state index in [9.17, 15) is 0 Å². The van der Waals surface area contributed by atoms with Gasteiger partial charge in [0.2, 0.25) is 0 Å². The summed E-state index contributed by atoms with van der Waals surface area (Å²) in [5.74, 6) is 4.96. The lowest BCUT2D eigenvalue weighted by Crippen LogP contribution is -2.16. The molecule has 0 amide bonds. The SMILES string of the molecule is COc1cc(C(C)(C)C)c(OC)cc1C#C[Si](C)(C)C. The van der Waals surface area contributed by atoms with Gasteiger partial charge in [-0.25, -0.2) is 0 Å². The quantitative estimate of drug-likeness (QED) is 0.599. The van der Waals surface area contributed by atoms with E-state index in [0.717, 1.165) is 22.6 Å². The zero-order chi connectivity index (χ0) is 15.6. The predicted octanol–water partition coefficient (Wildman–Crippen LogP) is 4.23. The highest BCUT2D eigenvalue weighted by molar-refractivity contribution is 6.83. The Morgan fingerprint density at radius 1 is 0.950 bits per heavy atom. The van der Waals surface area contributed by atoms with Crippen molar-refractivity contribution in [2.75, 3.05) is 14.2 Å². The van der Waals surface area contributed by atoms with Crippen molar-refractivity contribution < 1.29 is 9.47 Å². The molecule has 0 saturated heterocycles. The summed E-state index contributed by atoms with van der Waals surface area (Å²) in [6.07, 6.45) is 0. The average molecular weight is 290 g/mol. The zero-order valence-corrected chi connectivity index (χ0v) is 15.0. The van der Waals surface area contributed by atoms with Crippen LogP contribution < -0.4 is 9.47 Å². The summed E-state index contributed by atoms with van der Waals surface area (Å²) in [4.78, 5) is 0. The van der Waals surface area contributed by atoms with E-state index >= 15 is 0 Å². The minimum Gasteiger partial charge on any atom is -0.496 e. The number of methoxy groups -OCH3 is 2. The lowest BCUT2D eigenvalue weighted by Gasteiger charge is -2.23. The second-order valence-electron chi connectivity index (χ2n) is 7.00. The Kier molecular flexibility index (Phi) is 4.93. The Labute approximate surface area is 124 Å². The van der Waals surface area contributed by atoms with Crippen LogP contribution in [0, 0.1) is 11.5 Å². The molecule has 0 aromatic heterocycles. The first-order valence-electron chi connectivity index (χ1n) is 6.88. The molecule has 20 heavy (non-hydrogen) atoms. The molecule has 0 atom stereocenters. The molecule has 0 aliphatic carbocycles. The van der Waals surface area contributed by atoms with E-state index in [1.165, 1.54) is 0 Å². The Hall–Kier alpha value is -1.40. The lowest BCUT2D eigenvalue weighted by molar-refractivity contribution is 0.387. The van der Waals surface area contributed by atoms with E-state index in [0.29, 0.717) is 0 Å². The van der Waals surface area contributed by atoms with Crippen molar-refractivity contribution in [3.05, 3.63) is 23.3 Å². The summed E-state index contributed by atoms with van der Waals surface area (Å²) in [7, 11) is 1.98. The Balaban J connectivity index is 3.44. The maximum Gasteiger partial charge on any atom is 0.135 e. The Bertz CT molecular complexity index is 537. The highest BCUT2D eigenvalue weighted by Gasteiger charge is 2.21. The van der Waals surface area contributed by atoms with Crippen LogP contribution >= 0.6 is 0 Å². The van der Waals surface area contributed by atoms with E-state index in [-0.39, 0.29) is 5.41 Å². The number of rotatable bonds is 2. The van der Waals surface area contributed by atoms with E-state index in [1.54, 1.807) is 14.2 Å². The van der Waals surface area contributed by atoms with Gasteiger partial charge >= 0.3 is 0 Å². The first kappa shape index (κ1) is 16.7. The maximum atomic E-state index is 5.53. The van der Waals surface area contributed by atoms with Gasteiger partial charge in [0.25, 0.3) is 0 Å². The highest BCUT2D eigenvalue weighted by atomic mass is 28.3. The summed E-state index contributed by atoms with van der Waals surface area (Å²) in [5.41, 5.74) is 5.42. The molecule has 2 nitrogen and oxygen atoms in total. The summed E-state index contributed by atoms with van der Waals surface area (Å²) in [5, 5.41) is 0. The van der Waals surface area contributed by atoms with Crippen molar-refractivity contribution in [1.29, 1.82) is 0 Å². The third kappa shape index (κ3) is 4.31. The molecular formula is C17H26O2Si. The molecule has 0 spiro atoms. The first-order valence-corrected chi connectivity index (χ1v) is 10.4. The third-order valence-corrected chi connectivity index (χ3v) is 3.78. The molecule has 3 heteroatoms. The number of benzene rings is 1. The largest absolute Gasteiger partial charge is 0.496 e. The second-order valence-corrected chi connectivity index (χ2v) is 11.8. The van der Waals surface area contributed by atoms with Crippen LogP contribution in [0.3, 0.4) is 0 Å². The van der Waals surface area contributed by atoms with Gasteiger partial charge in [-0.1, -0.05) is 46.3 Å². The van der Waals surface area contributed by atoms with Gasteiger partial charge in [-0.05, 0) is 17.5 Å². The van der Waals surface area contributed by atoms with Crippen molar-refractivity contribution >= 4 is 8.07 Å². The standard InChI is InChI=1S/C17H26O2Si/c1-17(2,3)14-12-15(18-4)13(11-16(14)19-5)9-10-20(6,7)8/h11-12H,1-8H3. The molecule has 0 unspecified atom stereocenters. The molecule has 0 radical (unpaired) electrons. The molecular weight excluding hydrogens is 264 g/mol. The van der Waals surface area contributed by atoms with Gasteiger partial charge in [0.15, 0.2) is 0 Å². The fourth-order valence-corrected chi connectivity index (χ4v) is 2.35. The second kappa shape index (κ2) is 5.93. The van der Waals surface area contributed by atoms with Gasteiger partial charge in [0, 0.05) is 5.56 Å². The first-order chi connectivity index (χ1) is 9.08. The summed E-state index contributed by atoms with van der Waals surface area (Å²) < 4.78 is 11.0. The number of hydrogen-bond acceptors (Lipinski definition) is 2. The van der Waals surface area contributed by atoms with Gasteiger partial charge in [0.05, 0.1) is 19.8 Å². The van der Waals surface area contributed by atoms with Crippen molar-refractivity contribution in [3.63, 3.8) is 0 Å². The fourth-order valence-electron chi connectivity index (χ4n) is 1.84. The Morgan fingerprint density at radius 2 is 1.50 bits per heavy atom. The van der Waals surface area contributed by atoms with Gasteiger partial charge in [0.1, 0.15) is 19.6 Å². The van der Waals surface area contributed by atoms with Gasteiger partial charge in [-0.15, -0.1) is 5.54 Å². The maximum absolute atomic E-state index is 5.53. The fraction of sp³-hybridized carbons (Fsp3) is 0.529. The molecule has 0 heterocycles. The topological polar surface area (TPSA) is 18.5 Å². The molecule has 0 bridgehead atoms. The summed E-state index contributed by atoms with van der Waals surface area (Å²) >= 11 is 0. The van der Waals surface area contributed by atoms with Crippen LogP contribution in [0.25, 0.3) is 0 Å². The molecule has 0 fully saturated rings. The molecule has 0 saturated carbocycles. The van der Waals surface area contributed by atoms with Crippen LogP contribution in [0.5, 0.6) is 11.5 Å². The molecule has 0 N–H and O–H groups in total. The molecule has 0 aliphatic heterocycles. The summed E-state index contributed by atoms with van der Waals surface area (Å²) in [6, 6.07) is 4.04. The van der Waals surface area contributed by atoms with Crippen LogP contribution in [0.2, 0.25) is 19.6 Å². The van der Waals surface area contributed by atoms with Crippen LogP contribution in [0.1, 0.15) is 31.9 Å². The average Bonchev–Trinajstić information content (AvgIpc) is 2.33. The molecule has 110 valence electrons. The molecule has 1 aromatic rings. The van der Waals surface area contributed by atoms with Crippen LogP contribution in [-0.2, 0) is 5.41 Å². The van der Waals surface area contributed by atoms with Gasteiger partial charge in [-0.2, -0.15) is 0 Å². The van der Waals surface area contributed by atoms with Crippen LogP contribution in [0.15, 0.2) is 12.1 Å². The predicted molar refractivity (Wildman–Crippen MR) is 88.5 cm³/mol. The third-order valence-electron chi connectivity index (χ3n) is 2.90. The van der Waals surface area contributed by atoms with E-state index < -0.39 is 8.07 Å². The zero-order valence-electron chi connectivity index (χ0n) is 14.0. The summed E-state index contributed by atoms with van der Waals surface area (Å²) in [6.45, 7) is 13.2. The smallest absolute Gasteiger partial charge is 0.135 e. The Morgan fingerprint density at radius 3 is 1.90 bits per heavy atom. The normalized spacial score (nSPS) is 11.6. The number of ether oxygens (including phenoxy) is 2. The van der Waals surface area contributed by atoms with Crippen LogP contribution in [0.4, 0.5) is 0 Å². The van der Waals surface area contributed by atoms with Crippen molar-refractivity contribution in [2.24, 2.45) is 0 Å². The van der Waals surface area contributed by atoms with Crippen molar-refractivity contribution in [3.8, 4) is 23.0 Å². The van der Waals surface area contributed by atoms with E-state index in [2.05, 4.69) is 51.9 Å². The monoisotopic (exact) mass is 290 g/mol. The molecule has 0 aliphatic rings. The number of hydrogen-bond donors (Lipinski definition) is 0. The minimum absolute atomic E-state index is 0.00333. The van der Waals surface area contributed by atoms with Gasteiger partial charge in [-0.3, -0.25) is 0 Å². The minimum atomic E-state index is -1.41. The van der Waals surface area contributed by atoms with Crippen LogP contribution in [-0.4, -0.2) is 22.3 Å². The van der Waals surface area contributed by atoms with Crippen molar-refractivity contribution in [1.82, 2.24) is 0 Å². The molecule has 1 aromatic carbocycles. The highest BCUT2D eigenvalue weighted by Crippen LogP contribution is 2.36. The molecule has 1 rings (SSSR count). The van der Waals surface area contributed by atoms with E-state index in [1.807, 2.05) is 12.1 Å². The van der Waals surface area contributed by atoms with Gasteiger partial charge < -0.3 is 9.47 Å². The van der Waals surface area contributed by atoms with Crippen molar-refractivity contribution in [2.45, 2.75) is 45.8 Å². The lowest BCUT2D eigenvalue weighted by atomic mass is 9.85. The van der Waals surface area contributed by atoms with E-state index in [4.69, 9.17) is 9.47 Å².